The summed E-state index contributed by atoms with van der Waals surface area (Å²) in [5, 5.41) is 6.61. The van der Waals surface area contributed by atoms with Gasteiger partial charge in [-0.2, -0.15) is 0 Å². The summed E-state index contributed by atoms with van der Waals surface area (Å²) in [5.41, 5.74) is 2.74. The lowest BCUT2D eigenvalue weighted by Gasteiger charge is -2.11. The van der Waals surface area contributed by atoms with Gasteiger partial charge in [-0.3, -0.25) is 4.99 Å². The fraction of sp³-hybridized carbons (Fsp3) is 0.588. The number of hydrogen-bond donors (Lipinski definition) is 2. The molecule has 0 amide bonds. The standard InChI is InChI=1S/C17H29N3O/c1-4-15-7-9-16(10-8-15)11-12-19-17(18-5-2)20-13-14-21-6-3/h7-10H,4-6,11-14H2,1-3H3,(H2,18,19,20). The van der Waals surface area contributed by atoms with Crippen molar-refractivity contribution < 1.29 is 4.74 Å². The minimum absolute atomic E-state index is 0.672. The van der Waals surface area contributed by atoms with Crippen molar-refractivity contribution in [3.63, 3.8) is 0 Å². The normalized spacial score (nSPS) is 11.5. The Labute approximate surface area is 129 Å². The number of rotatable bonds is 9. The van der Waals surface area contributed by atoms with Crippen molar-refractivity contribution in [1.29, 1.82) is 0 Å². The smallest absolute Gasteiger partial charge is 0.191 e. The summed E-state index contributed by atoms with van der Waals surface area (Å²) in [6.45, 7) is 10.1. The molecule has 0 spiro atoms. The zero-order valence-electron chi connectivity index (χ0n) is 13.6. The van der Waals surface area contributed by atoms with Crippen LogP contribution in [0.1, 0.15) is 31.9 Å². The molecule has 4 heteroatoms. The van der Waals surface area contributed by atoms with Gasteiger partial charge in [0, 0.05) is 19.7 Å². The molecule has 21 heavy (non-hydrogen) atoms. The average molecular weight is 291 g/mol. The Kier molecular flexibility index (Phi) is 9.29. The molecule has 0 radical (unpaired) electrons. The molecule has 0 saturated heterocycles. The first-order valence-electron chi connectivity index (χ1n) is 7.97. The van der Waals surface area contributed by atoms with Gasteiger partial charge in [0.05, 0.1) is 13.2 Å². The molecule has 0 heterocycles. The van der Waals surface area contributed by atoms with E-state index >= 15 is 0 Å². The van der Waals surface area contributed by atoms with Crippen molar-refractivity contribution in [3.05, 3.63) is 35.4 Å². The van der Waals surface area contributed by atoms with Gasteiger partial charge in [0.1, 0.15) is 0 Å². The summed E-state index contributed by atoms with van der Waals surface area (Å²) < 4.78 is 5.29. The molecule has 0 aliphatic rings. The first kappa shape index (κ1) is 17.5. The van der Waals surface area contributed by atoms with E-state index in [0.29, 0.717) is 13.2 Å². The molecule has 0 aliphatic heterocycles. The minimum Gasteiger partial charge on any atom is -0.380 e. The van der Waals surface area contributed by atoms with E-state index in [9.17, 15) is 0 Å². The van der Waals surface area contributed by atoms with E-state index in [1.54, 1.807) is 0 Å². The van der Waals surface area contributed by atoms with Gasteiger partial charge in [-0.05, 0) is 37.8 Å². The van der Waals surface area contributed by atoms with Crippen LogP contribution in [-0.2, 0) is 17.6 Å². The largest absolute Gasteiger partial charge is 0.380 e. The van der Waals surface area contributed by atoms with Crippen molar-refractivity contribution >= 4 is 5.96 Å². The highest BCUT2D eigenvalue weighted by Crippen LogP contribution is 2.05. The highest BCUT2D eigenvalue weighted by atomic mass is 16.5. The summed E-state index contributed by atoms with van der Waals surface area (Å²) in [6.07, 6.45) is 2.09. The Morgan fingerprint density at radius 1 is 1.05 bits per heavy atom. The van der Waals surface area contributed by atoms with Crippen LogP contribution in [0.25, 0.3) is 0 Å². The maximum absolute atomic E-state index is 5.29. The molecule has 118 valence electrons. The molecule has 4 nitrogen and oxygen atoms in total. The van der Waals surface area contributed by atoms with Crippen LogP contribution in [0.2, 0.25) is 0 Å². The van der Waals surface area contributed by atoms with E-state index in [4.69, 9.17) is 4.74 Å². The van der Waals surface area contributed by atoms with Gasteiger partial charge in [0.25, 0.3) is 0 Å². The number of hydrogen-bond acceptors (Lipinski definition) is 2. The Bertz CT molecular complexity index is 401. The maximum atomic E-state index is 5.29. The van der Waals surface area contributed by atoms with Crippen molar-refractivity contribution in [3.8, 4) is 0 Å². The molecular weight excluding hydrogens is 262 g/mol. The zero-order valence-corrected chi connectivity index (χ0v) is 13.6. The topological polar surface area (TPSA) is 45.7 Å². The van der Waals surface area contributed by atoms with Crippen molar-refractivity contribution in [2.75, 3.05) is 32.8 Å². The molecule has 0 aliphatic carbocycles. The molecule has 0 saturated carbocycles. The van der Waals surface area contributed by atoms with Gasteiger partial charge >= 0.3 is 0 Å². The first-order valence-corrected chi connectivity index (χ1v) is 7.97. The number of benzene rings is 1. The number of guanidine groups is 1. The first-order chi connectivity index (χ1) is 10.3. The Morgan fingerprint density at radius 2 is 1.76 bits per heavy atom. The molecule has 0 atom stereocenters. The van der Waals surface area contributed by atoms with Crippen LogP contribution in [0, 0.1) is 0 Å². The molecule has 2 N–H and O–H groups in total. The molecule has 0 bridgehead atoms. The van der Waals surface area contributed by atoms with Gasteiger partial charge in [-0.1, -0.05) is 31.2 Å². The Morgan fingerprint density at radius 3 is 2.38 bits per heavy atom. The van der Waals surface area contributed by atoms with Crippen LogP contribution in [0.4, 0.5) is 0 Å². The highest BCUT2D eigenvalue weighted by molar-refractivity contribution is 5.79. The van der Waals surface area contributed by atoms with Gasteiger partial charge in [-0.25, -0.2) is 0 Å². The molecule has 0 aromatic heterocycles. The van der Waals surface area contributed by atoms with E-state index in [1.165, 1.54) is 11.1 Å². The maximum Gasteiger partial charge on any atom is 0.191 e. The monoisotopic (exact) mass is 291 g/mol. The predicted octanol–water partition coefficient (Wildman–Crippen LogP) is 2.38. The van der Waals surface area contributed by atoms with Crippen molar-refractivity contribution in [1.82, 2.24) is 10.6 Å². The molecular formula is C17H29N3O. The lowest BCUT2D eigenvalue weighted by molar-refractivity contribution is 0.155. The SMILES string of the molecule is CCNC(=NCCOCC)NCCc1ccc(CC)cc1. The third-order valence-corrected chi connectivity index (χ3v) is 3.19. The second kappa shape index (κ2) is 11.1. The Hall–Kier alpha value is -1.55. The van der Waals surface area contributed by atoms with Gasteiger partial charge in [0.2, 0.25) is 0 Å². The predicted molar refractivity (Wildman–Crippen MR) is 90.0 cm³/mol. The summed E-state index contributed by atoms with van der Waals surface area (Å²) in [5.74, 6) is 0.863. The number of nitrogens with one attached hydrogen (secondary N) is 2. The summed E-state index contributed by atoms with van der Waals surface area (Å²) in [6, 6.07) is 8.83. The number of aliphatic imine (C=N–C) groups is 1. The van der Waals surface area contributed by atoms with Crippen LogP contribution >= 0.6 is 0 Å². The van der Waals surface area contributed by atoms with Gasteiger partial charge in [0.15, 0.2) is 5.96 Å². The third kappa shape index (κ3) is 7.71. The minimum atomic E-state index is 0.672. The zero-order chi connectivity index (χ0) is 15.3. The lowest BCUT2D eigenvalue weighted by atomic mass is 10.1. The van der Waals surface area contributed by atoms with E-state index in [-0.39, 0.29) is 0 Å². The van der Waals surface area contributed by atoms with E-state index < -0.39 is 0 Å². The van der Waals surface area contributed by atoms with Crippen LogP contribution in [0.15, 0.2) is 29.3 Å². The van der Waals surface area contributed by atoms with Crippen molar-refractivity contribution in [2.24, 2.45) is 4.99 Å². The highest BCUT2D eigenvalue weighted by Gasteiger charge is 1.98. The van der Waals surface area contributed by atoms with E-state index in [2.05, 4.69) is 53.7 Å². The number of nitrogens with zero attached hydrogens (tertiary/aromatic N) is 1. The lowest BCUT2D eigenvalue weighted by Crippen LogP contribution is -2.38. The fourth-order valence-corrected chi connectivity index (χ4v) is 1.97. The summed E-state index contributed by atoms with van der Waals surface area (Å²) >= 11 is 0. The molecule has 1 aromatic rings. The van der Waals surface area contributed by atoms with Gasteiger partial charge < -0.3 is 15.4 Å². The quantitative estimate of drug-likeness (QED) is 0.417. The van der Waals surface area contributed by atoms with Crippen LogP contribution in [0.5, 0.6) is 0 Å². The van der Waals surface area contributed by atoms with E-state index in [1.807, 2.05) is 6.92 Å². The second-order valence-electron chi connectivity index (χ2n) is 4.80. The number of ether oxygens (including phenoxy) is 1. The summed E-state index contributed by atoms with van der Waals surface area (Å²) in [4.78, 5) is 4.48. The summed E-state index contributed by atoms with van der Waals surface area (Å²) in [7, 11) is 0. The molecule has 1 rings (SSSR count). The second-order valence-corrected chi connectivity index (χ2v) is 4.80. The van der Waals surface area contributed by atoms with Crippen LogP contribution < -0.4 is 10.6 Å². The van der Waals surface area contributed by atoms with Crippen LogP contribution in [0.3, 0.4) is 0 Å². The third-order valence-electron chi connectivity index (χ3n) is 3.19. The molecule has 0 fully saturated rings. The van der Waals surface area contributed by atoms with Gasteiger partial charge in [-0.15, -0.1) is 0 Å². The molecule has 1 aromatic carbocycles. The van der Waals surface area contributed by atoms with E-state index in [0.717, 1.165) is 38.5 Å². The average Bonchev–Trinajstić information content (AvgIpc) is 2.52. The van der Waals surface area contributed by atoms with Crippen molar-refractivity contribution in [2.45, 2.75) is 33.6 Å². The number of aryl methyl sites for hydroxylation is 1. The fourth-order valence-electron chi connectivity index (χ4n) is 1.97. The van der Waals surface area contributed by atoms with Crippen LogP contribution in [-0.4, -0.2) is 38.8 Å². The Balaban J connectivity index is 2.34. The molecule has 0 unspecified atom stereocenters.